The van der Waals surface area contributed by atoms with Gasteiger partial charge >= 0.3 is 6.08 Å². The number of hydrogen-bond donors (Lipinski definition) is 1. The molecule has 0 fully saturated rings. The molecule has 90 valence electrons. The van der Waals surface area contributed by atoms with E-state index in [0.717, 1.165) is 0 Å². The van der Waals surface area contributed by atoms with Gasteiger partial charge in [-0.3, -0.25) is 0 Å². The molecule has 0 aliphatic rings. The van der Waals surface area contributed by atoms with Crippen LogP contribution in [0.4, 0.5) is 0 Å². The lowest BCUT2D eigenvalue weighted by atomic mass is 10.3. The molecule has 0 saturated heterocycles. The van der Waals surface area contributed by atoms with Crippen LogP contribution in [0.2, 0.25) is 10.0 Å². The van der Waals surface area contributed by atoms with Gasteiger partial charge in [-0.05, 0) is 22.0 Å². The fourth-order valence-corrected chi connectivity index (χ4v) is 1.94. The van der Waals surface area contributed by atoms with Gasteiger partial charge in [-0.2, -0.15) is 4.98 Å². The van der Waals surface area contributed by atoms with Gasteiger partial charge in [0.15, 0.2) is 5.75 Å². The Hall–Kier alpha value is -0.750. The molecule has 0 atom stereocenters. The zero-order valence-corrected chi connectivity index (χ0v) is 11.5. The summed E-state index contributed by atoms with van der Waals surface area (Å²) in [4.78, 5) is 3.99. The summed E-state index contributed by atoms with van der Waals surface area (Å²) in [6.45, 7) is 0.279. The highest BCUT2D eigenvalue weighted by Crippen LogP contribution is 2.36. The Morgan fingerprint density at radius 2 is 2.12 bits per heavy atom. The minimum Gasteiger partial charge on any atom is -0.417 e. The van der Waals surface area contributed by atoms with Gasteiger partial charge in [0.2, 0.25) is 0 Å². The van der Waals surface area contributed by atoms with Crippen LogP contribution in [0.25, 0.3) is 0 Å². The van der Waals surface area contributed by atoms with Gasteiger partial charge in [0, 0.05) is 17.1 Å². The molecule has 0 spiro atoms. The Balaban J connectivity index is 2.26. The predicted molar refractivity (Wildman–Crippen MR) is 68.6 cm³/mol. The molecule has 0 saturated carbocycles. The Kier molecular flexibility index (Phi) is 3.93. The van der Waals surface area contributed by atoms with Gasteiger partial charge in [-0.25, -0.2) is 0 Å². The van der Waals surface area contributed by atoms with E-state index in [-0.39, 0.29) is 12.6 Å². The maximum Gasteiger partial charge on any atom is 0.399 e. The summed E-state index contributed by atoms with van der Waals surface area (Å²) in [6, 6.07) is 3.20. The molecule has 0 amide bonds. The summed E-state index contributed by atoms with van der Waals surface area (Å²) in [5.41, 5.74) is 6.00. The van der Waals surface area contributed by atoms with Gasteiger partial charge in [0.1, 0.15) is 6.26 Å². The standard InChI is InChI=1S/C10H7BrCl2N2O2/c11-6-1-8(13)9(2-7(6)12)17-10-15-5(3-14)4-16-10/h1-2,4H,3,14H2. The summed E-state index contributed by atoms with van der Waals surface area (Å²) in [7, 11) is 0. The fourth-order valence-electron chi connectivity index (χ4n) is 1.11. The molecule has 1 aromatic heterocycles. The third-order valence-electron chi connectivity index (χ3n) is 1.91. The molecule has 7 heteroatoms. The van der Waals surface area contributed by atoms with Crippen LogP contribution >= 0.6 is 39.1 Å². The minimum absolute atomic E-state index is 0.0748. The van der Waals surface area contributed by atoms with Crippen molar-refractivity contribution < 1.29 is 9.15 Å². The number of oxazole rings is 1. The van der Waals surface area contributed by atoms with E-state index in [2.05, 4.69) is 20.9 Å². The first-order valence-corrected chi connectivity index (χ1v) is 6.12. The maximum absolute atomic E-state index is 5.98. The smallest absolute Gasteiger partial charge is 0.399 e. The second-order valence-corrected chi connectivity index (χ2v) is 4.78. The van der Waals surface area contributed by atoms with Gasteiger partial charge in [0.05, 0.1) is 15.7 Å². The molecule has 0 radical (unpaired) electrons. The van der Waals surface area contributed by atoms with E-state index in [1.54, 1.807) is 12.1 Å². The lowest BCUT2D eigenvalue weighted by Gasteiger charge is -2.05. The molecule has 17 heavy (non-hydrogen) atoms. The topological polar surface area (TPSA) is 61.3 Å². The zero-order chi connectivity index (χ0) is 12.4. The summed E-state index contributed by atoms with van der Waals surface area (Å²) in [5.74, 6) is 0.366. The molecule has 4 nitrogen and oxygen atoms in total. The Bertz CT molecular complexity index is 545. The number of nitrogens with zero attached hydrogens (tertiary/aromatic N) is 1. The van der Waals surface area contributed by atoms with Crippen molar-refractivity contribution in [3.63, 3.8) is 0 Å². The van der Waals surface area contributed by atoms with E-state index in [0.29, 0.717) is 26.0 Å². The van der Waals surface area contributed by atoms with Crippen LogP contribution < -0.4 is 10.5 Å². The van der Waals surface area contributed by atoms with Crippen molar-refractivity contribution in [2.24, 2.45) is 5.73 Å². The molecule has 0 aliphatic heterocycles. The van der Waals surface area contributed by atoms with Crippen LogP contribution in [0.3, 0.4) is 0 Å². The first-order valence-electron chi connectivity index (χ1n) is 4.57. The molecule has 1 heterocycles. The number of halogens is 3. The van der Waals surface area contributed by atoms with Crippen LogP contribution in [0.5, 0.6) is 11.8 Å². The van der Waals surface area contributed by atoms with Crippen molar-refractivity contribution in [2.75, 3.05) is 0 Å². The number of ether oxygens (including phenoxy) is 1. The van der Waals surface area contributed by atoms with E-state index >= 15 is 0 Å². The molecule has 0 bridgehead atoms. The third kappa shape index (κ3) is 2.93. The Morgan fingerprint density at radius 3 is 2.76 bits per heavy atom. The van der Waals surface area contributed by atoms with E-state index in [1.807, 2.05) is 0 Å². The van der Waals surface area contributed by atoms with Crippen molar-refractivity contribution in [3.05, 3.63) is 38.6 Å². The van der Waals surface area contributed by atoms with Crippen LogP contribution in [-0.2, 0) is 6.54 Å². The molecular weight excluding hydrogens is 331 g/mol. The van der Waals surface area contributed by atoms with Crippen LogP contribution in [0, 0.1) is 0 Å². The number of hydrogen-bond acceptors (Lipinski definition) is 4. The largest absolute Gasteiger partial charge is 0.417 e. The van der Waals surface area contributed by atoms with Crippen molar-refractivity contribution in [3.8, 4) is 11.8 Å². The van der Waals surface area contributed by atoms with Gasteiger partial charge in [0.25, 0.3) is 0 Å². The van der Waals surface area contributed by atoms with Crippen LogP contribution in [0.1, 0.15) is 5.69 Å². The number of aromatic nitrogens is 1. The summed E-state index contributed by atoms with van der Waals surface area (Å²) in [6.07, 6.45) is 1.50. The molecule has 1 aromatic carbocycles. The molecule has 2 N–H and O–H groups in total. The first kappa shape index (κ1) is 12.7. The zero-order valence-electron chi connectivity index (χ0n) is 8.41. The second-order valence-electron chi connectivity index (χ2n) is 3.11. The van der Waals surface area contributed by atoms with Gasteiger partial charge in [-0.15, -0.1) is 0 Å². The average Bonchev–Trinajstić information content (AvgIpc) is 2.73. The lowest BCUT2D eigenvalue weighted by molar-refractivity contribution is 0.331. The fraction of sp³-hybridized carbons (Fsp3) is 0.100. The number of benzene rings is 1. The lowest BCUT2D eigenvalue weighted by Crippen LogP contribution is -1.95. The van der Waals surface area contributed by atoms with Gasteiger partial charge < -0.3 is 14.9 Å². The second kappa shape index (κ2) is 5.27. The van der Waals surface area contributed by atoms with E-state index in [1.165, 1.54) is 6.26 Å². The summed E-state index contributed by atoms with van der Waals surface area (Å²) in [5, 5.41) is 0.878. The highest BCUT2D eigenvalue weighted by molar-refractivity contribution is 9.10. The monoisotopic (exact) mass is 336 g/mol. The van der Waals surface area contributed by atoms with E-state index in [9.17, 15) is 0 Å². The van der Waals surface area contributed by atoms with Crippen LogP contribution in [0.15, 0.2) is 27.3 Å². The predicted octanol–water partition coefficient (Wildman–Crippen LogP) is 3.99. The van der Waals surface area contributed by atoms with E-state index in [4.69, 9.17) is 38.1 Å². The summed E-state index contributed by atoms with van der Waals surface area (Å²) < 4.78 is 11.1. The highest BCUT2D eigenvalue weighted by Gasteiger charge is 2.11. The normalized spacial score (nSPS) is 10.6. The first-order chi connectivity index (χ1) is 8.10. The molecule has 2 aromatic rings. The molecule has 2 rings (SSSR count). The third-order valence-corrected chi connectivity index (χ3v) is 3.40. The highest BCUT2D eigenvalue weighted by atomic mass is 79.9. The maximum atomic E-state index is 5.98. The van der Waals surface area contributed by atoms with Crippen molar-refractivity contribution in [1.82, 2.24) is 4.98 Å². The van der Waals surface area contributed by atoms with E-state index < -0.39 is 0 Å². The number of nitrogens with two attached hydrogens (primary N) is 1. The van der Waals surface area contributed by atoms with Crippen LogP contribution in [-0.4, -0.2) is 4.98 Å². The SMILES string of the molecule is NCc1coc(Oc2cc(Cl)c(Br)cc2Cl)n1. The molecule has 0 aliphatic carbocycles. The Morgan fingerprint density at radius 1 is 1.35 bits per heavy atom. The van der Waals surface area contributed by atoms with Gasteiger partial charge in [-0.1, -0.05) is 23.2 Å². The average molecular weight is 338 g/mol. The minimum atomic E-state index is 0.0748. The molecular formula is C10H7BrCl2N2O2. The summed E-state index contributed by atoms with van der Waals surface area (Å²) >= 11 is 15.2. The molecule has 0 unspecified atom stereocenters. The Labute approximate surface area is 116 Å². The van der Waals surface area contributed by atoms with Crippen molar-refractivity contribution in [1.29, 1.82) is 0 Å². The van der Waals surface area contributed by atoms with Crippen molar-refractivity contribution >= 4 is 39.1 Å². The van der Waals surface area contributed by atoms with Crippen molar-refractivity contribution in [2.45, 2.75) is 6.54 Å². The quantitative estimate of drug-likeness (QED) is 0.860. The number of rotatable bonds is 3.